The standard InChI is InChI=1S/C17H28BrNO/c1-5-6-15(12-19-11-13(2)3)9-14-7-8-17(20-4)16(18)10-14/h7-8,10,13,15,19H,5-6,9,11-12H2,1-4H3. The quantitative estimate of drug-likeness (QED) is 0.705. The molecular formula is C17H28BrNO. The Bertz CT molecular complexity index is 393. The van der Waals surface area contributed by atoms with Gasteiger partial charge in [-0.1, -0.05) is 33.3 Å². The van der Waals surface area contributed by atoms with Crippen molar-refractivity contribution in [1.29, 1.82) is 0 Å². The Labute approximate surface area is 132 Å². The second-order valence-electron chi connectivity index (χ2n) is 5.88. The first-order valence-corrected chi connectivity index (χ1v) is 8.39. The van der Waals surface area contributed by atoms with E-state index in [1.165, 1.54) is 18.4 Å². The summed E-state index contributed by atoms with van der Waals surface area (Å²) >= 11 is 3.57. The van der Waals surface area contributed by atoms with Crippen LogP contribution in [0.2, 0.25) is 0 Å². The van der Waals surface area contributed by atoms with Crippen molar-refractivity contribution in [2.45, 2.75) is 40.0 Å². The molecule has 0 aliphatic heterocycles. The summed E-state index contributed by atoms with van der Waals surface area (Å²) in [5.74, 6) is 2.32. The Morgan fingerprint density at radius 1 is 1.25 bits per heavy atom. The Morgan fingerprint density at radius 2 is 2.00 bits per heavy atom. The smallest absolute Gasteiger partial charge is 0.133 e. The molecule has 1 rings (SSSR count). The van der Waals surface area contributed by atoms with E-state index in [0.29, 0.717) is 11.8 Å². The predicted molar refractivity (Wildman–Crippen MR) is 90.5 cm³/mol. The molecule has 1 atom stereocenters. The van der Waals surface area contributed by atoms with Crippen LogP contribution in [-0.4, -0.2) is 20.2 Å². The van der Waals surface area contributed by atoms with Gasteiger partial charge in [0.25, 0.3) is 0 Å². The Hall–Kier alpha value is -0.540. The zero-order valence-corrected chi connectivity index (χ0v) is 14.8. The minimum Gasteiger partial charge on any atom is -0.496 e. The molecule has 0 aromatic heterocycles. The van der Waals surface area contributed by atoms with Gasteiger partial charge in [0.05, 0.1) is 11.6 Å². The topological polar surface area (TPSA) is 21.3 Å². The summed E-state index contributed by atoms with van der Waals surface area (Å²) in [5.41, 5.74) is 1.38. The van der Waals surface area contributed by atoms with Gasteiger partial charge in [0, 0.05) is 0 Å². The lowest BCUT2D eigenvalue weighted by Crippen LogP contribution is -2.27. The summed E-state index contributed by atoms with van der Waals surface area (Å²) in [6.07, 6.45) is 3.64. The minimum atomic E-state index is 0.707. The van der Waals surface area contributed by atoms with Crippen molar-refractivity contribution in [3.8, 4) is 5.75 Å². The lowest BCUT2D eigenvalue weighted by molar-refractivity contribution is 0.409. The number of nitrogens with one attached hydrogen (secondary N) is 1. The van der Waals surface area contributed by atoms with Crippen LogP contribution in [-0.2, 0) is 6.42 Å². The summed E-state index contributed by atoms with van der Waals surface area (Å²) in [6, 6.07) is 6.41. The van der Waals surface area contributed by atoms with Gasteiger partial charge in [-0.05, 0) is 71.4 Å². The van der Waals surface area contributed by atoms with Crippen molar-refractivity contribution in [2.75, 3.05) is 20.2 Å². The Kier molecular flexibility index (Phi) is 8.24. The van der Waals surface area contributed by atoms with Gasteiger partial charge in [-0.2, -0.15) is 0 Å². The van der Waals surface area contributed by atoms with E-state index in [1.54, 1.807) is 7.11 Å². The third kappa shape index (κ3) is 6.27. The number of hydrogen-bond acceptors (Lipinski definition) is 2. The van der Waals surface area contributed by atoms with Crippen LogP contribution in [0.25, 0.3) is 0 Å². The molecule has 0 saturated heterocycles. The van der Waals surface area contributed by atoms with Gasteiger partial charge in [0.15, 0.2) is 0 Å². The van der Waals surface area contributed by atoms with E-state index in [0.717, 1.165) is 29.7 Å². The first-order valence-electron chi connectivity index (χ1n) is 7.59. The highest BCUT2D eigenvalue weighted by molar-refractivity contribution is 9.10. The highest BCUT2D eigenvalue weighted by atomic mass is 79.9. The summed E-state index contributed by atoms with van der Waals surface area (Å²) in [6.45, 7) is 8.98. The minimum absolute atomic E-state index is 0.707. The molecule has 0 aliphatic carbocycles. The van der Waals surface area contributed by atoms with Crippen molar-refractivity contribution in [2.24, 2.45) is 11.8 Å². The van der Waals surface area contributed by atoms with Crippen LogP contribution in [0.1, 0.15) is 39.2 Å². The third-order valence-corrected chi connectivity index (χ3v) is 4.04. The summed E-state index contributed by atoms with van der Waals surface area (Å²) in [5, 5.41) is 3.59. The van der Waals surface area contributed by atoms with Crippen LogP contribution in [0.3, 0.4) is 0 Å². The molecule has 0 amide bonds. The summed E-state index contributed by atoms with van der Waals surface area (Å²) in [4.78, 5) is 0. The van der Waals surface area contributed by atoms with Gasteiger partial charge in [0.1, 0.15) is 5.75 Å². The van der Waals surface area contributed by atoms with Crippen molar-refractivity contribution >= 4 is 15.9 Å². The first kappa shape index (κ1) is 17.5. The molecule has 3 heteroatoms. The number of halogens is 1. The zero-order chi connectivity index (χ0) is 15.0. The average Bonchev–Trinajstić information content (AvgIpc) is 2.38. The largest absolute Gasteiger partial charge is 0.496 e. The van der Waals surface area contributed by atoms with Gasteiger partial charge in [-0.25, -0.2) is 0 Å². The zero-order valence-electron chi connectivity index (χ0n) is 13.2. The molecular weight excluding hydrogens is 314 g/mol. The molecule has 0 bridgehead atoms. The van der Waals surface area contributed by atoms with E-state index in [9.17, 15) is 0 Å². The molecule has 20 heavy (non-hydrogen) atoms. The van der Waals surface area contributed by atoms with E-state index in [1.807, 2.05) is 6.07 Å². The van der Waals surface area contributed by atoms with Crippen molar-refractivity contribution in [1.82, 2.24) is 5.32 Å². The van der Waals surface area contributed by atoms with Gasteiger partial charge in [-0.15, -0.1) is 0 Å². The number of benzene rings is 1. The first-order chi connectivity index (χ1) is 9.56. The maximum Gasteiger partial charge on any atom is 0.133 e. The number of ether oxygens (including phenoxy) is 1. The molecule has 2 nitrogen and oxygen atoms in total. The normalized spacial score (nSPS) is 12.7. The fourth-order valence-corrected chi connectivity index (χ4v) is 3.02. The maximum absolute atomic E-state index is 5.28. The van der Waals surface area contributed by atoms with E-state index in [4.69, 9.17) is 4.74 Å². The van der Waals surface area contributed by atoms with Crippen molar-refractivity contribution in [3.05, 3.63) is 28.2 Å². The molecule has 0 saturated carbocycles. The second-order valence-corrected chi connectivity index (χ2v) is 6.73. The third-order valence-electron chi connectivity index (χ3n) is 3.42. The molecule has 1 aromatic carbocycles. The predicted octanol–water partition coefficient (Wildman–Crippen LogP) is 4.66. The van der Waals surface area contributed by atoms with E-state index >= 15 is 0 Å². The second kappa shape index (κ2) is 9.41. The highest BCUT2D eigenvalue weighted by Gasteiger charge is 2.10. The lowest BCUT2D eigenvalue weighted by Gasteiger charge is -2.18. The van der Waals surface area contributed by atoms with Crippen LogP contribution in [0.5, 0.6) is 5.75 Å². The molecule has 1 N–H and O–H groups in total. The maximum atomic E-state index is 5.28. The molecule has 0 heterocycles. The number of methoxy groups -OCH3 is 1. The number of hydrogen-bond donors (Lipinski definition) is 1. The SMILES string of the molecule is CCCC(CNCC(C)C)Cc1ccc(OC)c(Br)c1. The molecule has 0 radical (unpaired) electrons. The number of rotatable bonds is 9. The van der Waals surface area contributed by atoms with E-state index in [2.05, 4.69) is 54.2 Å². The molecule has 114 valence electrons. The van der Waals surface area contributed by atoms with Crippen LogP contribution in [0, 0.1) is 11.8 Å². The van der Waals surface area contributed by atoms with Crippen LogP contribution in [0.4, 0.5) is 0 Å². The van der Waals surface area contributed by atoms with Crippen molar-refractivity contribution in [3.63, 3.8) is 0 Å². The summed E-state index contributed by atoms with van der Waals surface area (Å²) < 4.78 is 6.33. The molecule has 1 unspecified atom stereocenters. The van der Waals surface area contributed by atoms with Gasteiger partial charge in [-0.3, -0.25) is 0 Å². The monoisotopic (exact) mass is 341 g/mol. The van der Waals surface area contributed by atoms with E-state index < -0.39 is 0 Å². The molecule has 0 fully saturated rings. The fraction of sp³-hybridized carbons (Fsp3) is 0.647. The van der Waals surface area contributed by atoms with Crippen molar-refractivity contribution < 1.29 is 4.74 Å². The Balaban J connectivity index is 2.58. The van der Waals surface area contributed by atoms with Crippen LogP contribution < -0.4 is 10.1 Å². The van der Waals surface area contributed by atoms with Gasteiger partial charge < -0.3 is 10.1 Å². The van der Waals surface area contributed by atoms with E-state index in [-0.39, 0.29) is 0 Å². The summed E-state index contributed by atoms with van der Waals surface area (Å²) in [7, 11) is 1.70. The fourth-order valence-electron chi connectivity index (χ4n) is 2.43. The molecule has 0 aliphatic rings. The van der Waals surface area contributed by atoms with Crippen LogP contribution >= 0.6 is 15.9 Å². The van der Waals surface area contributed by atoms with Gasteiger partial charge in [0.2, 0.25) is 0 Å². The van der Waals surface area contributed by atoms with Crippen LogP contribution in [0.15, 0.2) is 22.7 Å². The highest BCUT2D eigenvalue weighted by Crippen LogP contribution is 2.27. The van der Waals surface area contributed by atoms with Gasteiger partial charge >= 0.3 is 0 Å². The Morgan fingerprint density at radius 3 is 2.55 bits per heavy atom. The lowest BCUT2D eigenvalue weighted by atomic mass is 9.94. The molecule has 1 aromatic rings. The molecule has 0 spiro atoms. The average molecular weight is 342 g/mol.